The van der Waals surface area contributed by atoms with E-state index in [-0.39, 0.29) is 5.91 Å². The lowest BCUT2D eigenvalue weighted by Gasteiger charge is -2.18. The summed E-state index contributed by atoms with van der Waals surface area (Å²) in [5.74, 6) is 0.0764. The standard InChI is InChI=1S/C18H22N2O/c1-3-14-8-10-15(11-9-14)13-20(2)18(21)12-16-6-4-5-7-17(16)19/h4-11H,3,12-13,19H2,1-2H3. The number of nitrogen functional groups attached to an aromatic ring is 1. The van der Waals surface area contributed by atoms with Crippen LogP contribution in [0.4, 0.5) is 5.69 Å². The van der Waals surface area contributed by atoms with Crippen molar-refractivity contribution in [3.8, 4) is 0 Å². The highest BCUT2D eigenvalue weighted by atomic mass is 16.2. The second-order valence-electron chi connectivity index (χ2n) is 5.30. The van der Waals surface area contributed by atoms with Gasteiger partial charge in [0.25, 0.3) is 0 Å². The van der Waals surface area contributed by atoms with E-state index in [4.69, 9.17) is 5.73 Å². The Bertz CT molecular complexity index is 605. The van der Waals surface area contributed by atoms with Gasteiger partial charge in [0.1, 0.15) is 0 Å². The van der Waals surface area contributed by atoms with Crippen molar-refractivity contribution >= 4 is 11.6 Å². The predicted molar refractivity (Wildman–Crippen MR) is 86.9 cm³/mol. The molecular weight excluding hydrogens is 260 g/mol. The van der Waals surface area contributed by atoms with Crippen LogP contribution in [0.1, 0.15) is 23.6 Å². The maximum absolute atomic E-state index is 12.3. The Morgan fingerprint density at radius 1 is 1.05 bits per heavy atom. The molecule has 0 fully saturated rings. The third-order valence-corrected chi connectivity index (χ3v) is 3.67. The number of carbonyl (C=O) groups is 1. The van der Waals surface area contributed by atoms with E-state index in [9.17, 15) is 4.79 Å². The van der Waals surface area contributed by atoms with Gasteiger partial charge < -0.3 is 10.6 Å². The highest BCUT2D eigenvalue weighted by Gasteiger charge is 2.11. The van der Waals surface area contributed by atoms with Crippen LogP contribution in [-0.4, -0.2) is 17.9 Å². The maximum Gasteiger partial charge on any atom is 0.227 e. The van der Waals surface area contributed by atoms with Crippen LogP contribution in [0.2, 0.25) is 0 Å². The molecule has 0 aliphatic rings. The molecule has 2 aromatic rings. The topological polar surface area (TPSA) is 46.3 Å². The average Bonchev–Trinajstić information content (AvgIpc) is 2.50. The van der Waals surface area contributed by atoms with E-state index in [1.807, 2.05) is 31.3 Å². The fourth-order valence-electron chi connectivity index (χ4n) is 2.24. The number of likely N-dealkylation sites (N-methyl/N-ethyl adjacent to an activating group) is 1. The third-order valence-electron chi connectivity index (χ3n) is 3.67. The number of benzene rings is 2. The molecule has 0 aliphatic carbocycles. The van der Waals surface area contributed by atoms with Crippen molar-refractivity contribution in [3.63, 3.8) is 0 Å². The summed E-state index contributed by atoms with van der Waals surface area (Å²) in [7, 11) is 1.83. The quantitative estimate of drug-likeness (QED) is 0.857. The summed E-state index contributed by atoms with van der Waals surface area (Å²) in [4.78, 5) is 14.0. The molecule has 21 heavy (non-hydrogen) atoms. The van der Waals surface area contributed by atoms with Crippen LogP contribution in [0.15, 0.2) is 48.5 Å². The van der Waals surface area contributed by atoms with Crippen LogP contribution in [0, 0.1) is 0 Å². The minimum absolute atomic E-state index is 0.0764. The molecule has 0 bridgehead atoms. The van der Waals surface area contributed by atoms with Gasteiger partial charge in [-0.1, -0.05) is 49.4 Å². The van der Waals surface area contributed by atoms with Gasteiger partial charge in [-0.05, 0) is 29.2 Å². The first-order chi connectivity index (χ1) is 10.1. The minimum Gasteiger partial charge on any atom is -0.398 e. The molecule has 2 aromatic carbocycles. The molecule has 0 aromatic heterocycles. The maximum atomic E-state index is 12.3. The van der Waals surface area contributed by atoms with Gasteiger partial charge in [0.2, 0.25) is 5.91 Å². The average molecular weight is 282 g/mol. The second kappa shape index (κ2) is 6.93. The van der Waals surface area contributed by atoms with E-state index < -0.39 is 0 Å². The van der Waals surface area contributed by atoms with Crippen molar-refractivity contribution in [2.75, 3.05) is 12.8 Å². The van der Waals surface area contributed by atoms with E-state index in [0.29, 0.717) is 18.7 Å². The normalized spacial score (nSPS) is 10.4. The first-order valence-electron chi connectivity index (χ1n) is 7.25. The molecule has 0 unspecified atom stereocenters. The minimum atomic E-state index is 0.0764. The summed E-state index contributed by atoms with van der Waals surface area (Å²) in [5, 5.41) is 0. The molecular formula is C18H22N2O. The van der Waals surface area contributed by atoms with E-state index in [2.05, 4.69) is 31.2 Å². The lowest BCUT2D eigenvalue weighted by molar-refractivity contribution is -0.129. The van der Waals surface area contributed by atoms with Gasteiger partial charge >= 0.3 is 0 Å². The number of hydrogen-bond acceptors (Lipinski definition) is 2. The molecule has 2 N–H and O–H groups in total. The second-order valence-corrected chi connectivity index (χ2v) is 5.30. The SMILES string of the molecule is CCc1ccc(CN(C)C(=O)Cc2ccccc2N)cc1. The number of anilines is 1. The molecule has 0 spiro atoms. The molecule has 1 amide bonds. The van der Waals surface area contributed by atoms with Gasteiger partial charge in [-0.25, -0.2) is 0 Å². The summed E-state index contributed by atoms with van der Waals surface area (Å²) < 4.78 is 0. The molecule has 0 atom stereocenters. The van der Waals surface area contributed by atoms with Crippen LogP contribution in [0.5, 0.6) is 0 Å². The number of nitrogens with two attached hydrogens (primary N) is 1. The van der Waals surface area contributed by atoms with Crippen molar-refractivity contribution in [1.82, 2.24) is 4.90 Å². The zero-order valence-electron chi connectivity index (χ0n) is 12.7. The molecule has 3 nitrogen and oxygen atoms in total. The van der Waals surface area contributed by atoms with Crippen LogP contribution in [0.3, 0.4) is 0 Å². The smallest absolute Gasteiger partial charge is 0.227 e. The summed E-state index contributed by atoms with van der Waals surface area (Å²) >= 11 is 0. The summed E-state index contributed by atoms with van der Waals surface area (Å²) in [6.07, 6.45) is 1.37. The zero-order chi connectivity index (χ0) is 15.2. The first kappa shape index (κ1) is 15.1. The molecule has 110 valence electrons. The van der Waals surface area contributed by atoms with E-state index in [1.165, 1.54) is 5.56 Å². The van der Waals surface area contributed by atoms with Gasteiger partial charge in [-0.3, -0.25) is 4.79 Å². The molecule has 0 radical (unpaired) electrons. The fourth-order valence-corrected chi connectivity index (χ4v) is 2.24. The number of para-hydroxylation sites is 1. The summed E-state index contributed by atoms with van der Waals surface area (Å²) in [6, 6.07) is 15.9. The van der Waals surface area contributed by atoms with Gasteiger partial charge in [0, 0.05) is 19.3 Å². The number of nitrogens with zero attached hydrogens (tertiary/aromatic N) is 1. The van der Waals surface area contributed by atoms with Gasteiger partial charge in [0.15, 0.2) is 0 Å². The number of amides is 1. The van der Waals surface area contributed by atoms with Crippen molar-refractivity contribution in [3.05, 3.63) is 65.2 Å². The molecule has 0 heterocycles. The monoisotopic (exact) mass is 282 g/mol. The van der Waals surface area contributed by atoms with Crippen molar-refractivity contribution < 1.29 is 4.79 Å². The summed E-state index contributed by atoms with van der Waals surface area (Å²) in [5.41, 5.74) is 9.89. The highest BCUT2D eigenvalue weighted by molar-refractivity contribution is 5.80. The summed E-state index contributed by atoms with van der Waals surface area (Å²) in [6.45, 7) is 2.75. The van der Waals surface area contributed by atoms with Crippen LogP contribution in [-0.2, 0) is 24.2 Å². The van der Waals surface area contributed by atoms with Crippen LogP contribution < -0.4 is 5.73 Å². The van der Waals surface area contributed by atoms with Crippen molar-refractivity contribution in [1.29, 1.82) is 0 Å². The van der Waals surface area contributed by atoms with Gasteiger partial charge in [-0.2, -0.15) is 0 Å². The number of rotatable bonds is 5. The largest absolute Gasteiger partial charge is 0.398 e. The lowest BCUT2D eigenvalue weighted by atomic mass is 10.1. The predicted octanol–water partition coefficient (Wildman–Crippen LogP) is 3.03. The molecule has 2 rings (SSSR count). The number of aryl methyl sites for hydroxylation is 1. The number of carbonyl (C=O) groups excluding carboxylic acids is 1. The Kier molecular flexibility index (Phi) is 4.99. The molecule has 0 aliphatic heterocycles. The molecule has 0 saturated carbocycles. The van der Waals surface area contributed by atoms with E-state index >= 15 is 0 Å². The zero-order valence-corrected chi connectivity index (χ0v) is 12.7. The Labute approximate surface area is 126 Å². The Balaban J connectivity index is 1.97. The fraction of sp³-hybridized carbons (Fsp3) is 0.278. The Morgan fingerprint density at radius 3 is 2.29 bits per heavy atom. The lowest BCUT2D eigenvalue weighted by Crippen LogP contribution is -2.28. The third kappa shape index (κ3) is 4.09. The van der Waals surface area contributed by atoms with Crippen molar-refractivity contribution in [2.24, 2.45) is 0 Å². The van der Waals surface area contributed by atoms with Crippen LogP contribution in [0.25, 0.3) is 0 Å². The van der Waals surface area contributed by atoms with Crippen LogP contribution >= 0.6 is 0 Å². The number of hydrogen-bond donors (Lipinski definition) is 1. The van der Waals surface area contributed by atoms with Gasteiger partial charge in [0.05, 0.1) is 6.42 Å². The van der Waals surface area contributed by atoms with Crippen molar-refractivity contribution in [2.45, 2.75) is 26.3 Å². The Morgan fingerprint density at radius 2 is 1.67 bits per heavy atom. The molecule has 3 heteroatoms. The highest BCUT2D eigenvalue weighted by Crippen LogP contribution is 2.13. The van der Waals surface area contributed by atoms with E-state index in [0.717, 1.165) is 17.5 Å². The van der Waals surface area contributed by atoms with E-state index in [1.54, 1.807) is 4.90 Å². The first-order valence-corrected chi connectivity index (χ1v) is 7.25. The molecule has 0 saturated heterocycles. The Hall–Kier alpha value is -2.29. The van der Waals surface area contributed by atoms with Gasteiger partial charge in [-0.15, -0.1) is 0 Å².